The number of aliphatic hydroxyl groups is 1. The summed E-state index contributed by atoms with van der Waals surface area (Å²) in [7, 11) is 4.70. The molecule has 1 unspecified atom stereocenters. The number of hydrogen-bond acceptors (Lipinski definition) is 6. The highest BCUT2D eigenvalue weighted by Gasteiger charge is 2.21. The summed E-state index contributed by atoms with van der Waals surface area (Å²) in [5, 5.41) is 20.1. The van der Waals surface area contributed by atoms with Crippen molar-refractivity contribution < 1.29 is 33.5 Å². The molecule has 0 aliphatic heterocycles. The van der Waals surface area contributed by atoms with Gasteiger partial charge in [0.25, 0.3) is 12.2 Å². The van der Waals surface area contributed by atoms with Crippen molar-refractivity contribution in [1.29, 1.82) is 0 Å². The smallest absolute Gasteiger partial charge is 0.368 e. The second kappa shape index (κ2) is 14.2. The van der Waals surface area contributed by atoms with Gasteiger partial charge in [-0.2, -0.15) is 4.99 Å². The summed E-state index contributed by atoms with van der Waals surface area (Å²) in [6, 6.07) is 17.7. The molecule has 0 saturated carbocycles. The quantitative estimate of drug-likeness (QED) is 0.0887. The molecule has 5 N–H and O–H groups in total. The summed E-state index contributed by atoms with van der Waals surface area (Å²) >= 11 is 0. The van der Waals surface area contributed by atoms with Crippen molar-refractivity contribution in [2.75, 3.05) is 31.9 Å². The zero-order valence-electron chi connectivity index (χ0n) is 24.6. The first kappa shape index (κ1) is 30.9. The van der Waals surface area contributed by atoms with Crippen molar-refractivity contribution in [2.45, 2.75) is 26.1 Å². The van der Waals surface area contributed by atoms with Crippen molar-refractivity contribution in [2.24, 2.45) is 0 Å². The molecule has 1 amide bonds. The van der Waals surface area contributed by atoms with Crippen molar-refractivity contribution >= 4 is 28.8 Å². The van der Waals surface area contributed by atoms with Gasteiger partial charge in [-0.15, -0.1) is 0 Å². The summed E-state index contributed by atoms with van der Waals surface area (Å²) in [5.41, 5.74) is 4.15. The minimum absolute atomic E-state index is 0.121. The van der Waals surface area contributed by atoms with Gasteiger partial charge in [-0.25, -0.2) is 9.71 Å². The minimum Gasteiger partial charge on any atom is -0.493 e. The maximum atomic E-state index is 13.3. The van der Waals surface area contributed by atoms with Crippen LogP contribution in [-0.4, -0.2) is 44.5 Å². The minimum atomic E-state index is -0.602. The summed E-state index contributed by atoms with van der Waals surface area (Å²) < 4.78 is 29.8. The number of nitrogens with one attached hydrogen (secondary N) is 4. The van der Waals surface area contributed by atoms with Crippen LogP contribution in [0.25, 0.3) is 5.57 Å². The van der Waals surface area contributed by atoms with Gasteiger partial charge in [-0.1, -0.05) is 30.9 Å². The van der Waals surface area contributed by atoms with Crippen LogP contribution in [-0.2, 0) is 0 Å². The van der Waals surface area contributed by atoms with Gasteiger partial charge in [0.05, 0.1) is 25.5 Å². The third-order valence-electron chi connectivity index (χ3n) is 6.62. The molecule has 0 heterocycles. The number of rotatable bonds is 12. The highest BCUT2D eigenvalue weighted by molar-refractivity contribution is 6.04. The van der Waals surface area contributed by atoms with Gasteiger partial charge in [0, 0.05) is 35.5 Å². The summed E-state index contributed by atoms with van der Waals surface area (Å²) in [4.78, 5) is 15.9. The number of carbonyl (C=O) groups excluding carboxylic acids is 1. The Morgan fingerprint density at radius 1 is 0.977 bits per heavy atom. The fourth-order valence-electron chi connectivity index (χ4n) is 4.47. The molecule has 1 aliphatic rings. The first-order chi connectivity index (χ1) is 20.7. The SMILES string of the molecule is C=C(C)Oc1cc(C(O)=[NH+]C(NC)Nc2cccc(NC(=O)c3ccc(C4=CC=C(F)CC4)cc3)c2)cc(OC)c1OC. The molecule has 10 heteroatoms. The lowest BCUT2D eigenvalue weighted by Crippen LogP contribution is -2.86. The van der Waals surface area contributed by atoms with Crippen LogP contribution in [0.1, 0.15) is 41.3 Å². The average molecular weight is 588 g/mol. The van der Waals surface area contributed by atoms with E-state index in [9.17, 15) is 14.3 Å². The summed E-state index contributed by atoms with van der Waals surface area (Å²) in [5.74, 6) is 0.982. The number of anilines is 2. The Hall–Kier alpha value is -5.09. The molecule has 224 valence electrons. The number of aliphatic hydroxyl groups excluding tert-OH is 1. The highest BCUT2D eigenvalue weighted by Crippen LogP contribution is 2.39. The fraction of sp³-hybridized carbons (Fsp3) is 0.212. The van der Waals surface area contributed by atoms with Gasteiger partial charge < -0.3 is 30.0 Å². The third-order valence-corrected chi connectivity index (χ3v) is 6.62. The van der Waals surface area contributed by atoms with Crippen molar-refractivity contribution in [3.05, 3.63) is 108 Å². The first-order valence-electron chi connectivity index (χ1n) is 13.6. The van der Waals surface area contributed by atoms with E-state index in [1.165, 1.54) is 20.3 Å². The molecule has 4 rings (SSSR count). The van der Waals surface area contributed by atoms with E-state index < -0.39 is 6.29 Å². The maximum Gasteiger partial charge on any atom is 0.368 e. The highest BCUT2D eigenvalue weighted by atomic mass is 19.1. The molecule has 0 bridgehead atoms. The number of benzene rings is 3. The molecule has 0 saturated heterocycles. The van der Waals surface area contributed by atoms with E-state index in [-0.39, 0.29) is 17.6 Å². The van der Waals surface area contributed by atoms with E-state index in [2.05, 4.69) is 27.5 Å². The van der Waals surface area contributed by atoms with Crippen LogP contribution in [0.4, 0.5) is 15.8 Å². The van der Waals surface area contributed by atoms with Gasteiger partial charge in [0.1, 0.15) is 5.83 Å². The lowest BCUT2D eigenvalue weighted by molar-refractivity contribution is -0.508. The Morgan fingerprint density at radius 3 is 2.33 bits per heavy atom. The van der Waals surface area contributed by atoms with Gasteiger partial charge in [0.15, 0.2) is 11.5 Å². The molecule has 9 nitrogen and oxygen atoms in total. The molecular formula is C33H36FN4O5+. The van der Waals surface area contributed by atoms with Crippen molar-refractivity contribution in [1.82, 2.24) is 5.32 Å². The van der Waals surface area contributed by atoms with E-state index in [0.29, 0.717) is 58.4 Å². The third kappa shape index (κ3) is 8.02. The molecule has 3 aromatic rings. The van der Waals surface area contributed by atoms with E-state index in [1.54, 1.807) is 62.5 Å². The zero-order valence-corrected chi connectivity index (χ0v) is 24.6. The van der Waals surface area contributed by atoms with Crippen LogP contribution in [0, 0.1) is 0 Å². The summed E-state index contributed by atoms with van der Waals surface area (Å²) in [6.07, 6.45) is 3.68. The summed E-state index contributed by atoms with van der Waals surface area (Å²) in [6.45, 7) is 5.47. The lowest BCUT2D eigenvalue weighted by atomic mass is 9.96. The molecular weight excluding hydrogens is 551 g/mol. The normalized spacial score (nSPS) is 13.7. The van der Waals surface area contributed by atoms with E-state index in [1.807, 2.05) is 18.2 Å². The number of halogens is 1. The van der Waals surface area contributed by atoms with Crippen LogP contribution in [0.5, 0.6) is 17.2 Å². The molecule has 0 spiro atoms. The Kier molecular flexibility index (Phi) is 10.2. The molecule has 0 fully saturated rings. The Bertz CT molecular complexity index is 1580. The number of ether oxygens (including phenoxy) is 3. The van der Waals surface area contributed by atoms with Crippen LogP contribution in [0.2, 0.25) is 0 Å². The monoisotopic (exact) mass is 587 g/mol. The standard InChI is InChI=1S/C33H35FN4O5/c1-20(2)43-29-18-24(17-28(41-4)30(29)42-5)32(40)38-33(35-3)37-27-8-6-7-26(19-27)36-31(39)23-11-9-21(10-12-23)22-13-15-25(34)16-14-22/h6-13,15,17-19,33,35,37H,1,14,16H2,2-5H3,(H,36,39)(H,38,40)/p+1. The largest absolute Gasteiger partial charge is 0.493 e. The first-order valence-corrected chi connectivity index (χ1v) is 13.6. The number of methoxy groups -OCH3 is 2. The van der Waals surface area contributed by atoms with Crippen molar-refractivity contribution in [3.63, 3.8) is 0 Å². The molecule has 1 aliphatic carbocycles. The van der Waals surface area contributed by atoms with Gasteiger partial charge in [-0.3, -0.25) is 4.79 Å². The van der Waals surface area contributed by atoms with Crippen LogP contribution >= 0.6 is 0 Å². The van der Waals surface area contributed by atoms with E-state index in [0.717, 1.165) is 11.1 Å². The van der Waals surface area contributed by atoms with Crippen LogP contribution < -0.4 is 35.2 Å². The predicted molar refractivity (Wildman–Crippen MR) is 166 cm³/mol. The van der Waals surface area contributed by atoms with Crippen LogP contribution in [0.15, 0.2) is 91.0 Å². The molecule has 1 atom stereocenters. The fourth-order valence-corrected chi connectivity index (χ4v) is 4.47. The number of allylic oxidation sites excluding steroid dienone is 5. The topological polar surface area (TPSA) is 115 Å². The predicted octanol–water partition coefficient (Wildman–Crippen LogP) is 4.90. The number of carbonyl (C=O) groups is 1. The Labute approximate surface area is 250 Å². The maximum absolute atomic E-state index is 13.3. The van der Waals surface area contributed by atoms with E-state index >= 15 is 0 Å². The molecule has 0 radical (unpaired) electrons. The zero-order chi connectivity index (χ0) is 30.9. The molecule has 3 aromatic carbocycles. The molecule has 43 heavy (non-hydrogen) atoms. The van der Waals surface area contributed by atoms with E-state index in [4.69, 9.17) is 14.2 Å². The van der Waals surface area contributed by atoms with Gasteiger partial charge in [-0.05, 0) is 67.9 Å². The van der Waals surface area contributed by atoms with Gasteiger partial charge in [0.2, 0.25) is 5.75 Å². The lowest BCUT2D eigenvalue weighted by Gasteiger charge is -2.15. The van der Waals surface area contributed by atoms with Crippen LogP contribution in [0.3, 0.4) is 0 Å². The second-order valence-corrected chi connectivity index (χ2v) is 9.79. The Balaban J connectivity index is 1.46. The second-order valence-electron chi connectivity index (χ2n) is 9.79. The Morgan fingerprint density at radius 2 is 1.70 bits per heavy atom. The number of amides is 1. The average Bonchev–Trinajstić information content (AvgIpc) is 3.00. The van der Waals surface area contributed by atoms with Gasteiger partial charge >= 0.3 is 5.90 Å². The molecule has 0 aromatic heterocycles. The van der Waals surface area contributed by atoms with Crippen molar-refractivity contribution in [3.8, 4) is 17.2 Å². The number of hydrogen-bond donors (Lipinski definition) is 5.